The van der Waals surface area contributed by atoms with Gasteiger partial charge in [-0.2, -0.15) is 26.3 Å². The normalized spacial score (nSPS) is 17.0. The summed E-state index contributed by atoms with van der Waals surface area (Å²) >= 11 is 11.6. The Bertz CT molecular complexity index is 2000. The molecule has 1 N–H and O–H groups in total. The van der Waals surface area contributed by atoms with E-state index in [1.807, 2.05) is 6.92 Å². The van der Waals surface area contributed by atoms with Crippen molar-refractivity contribution < 1.29 is 51.5 Å². The van der Waals surface area contributed by atoms with Gasteiger partial charge in [0.05, 0.1) is 24.3 Å². The van der Waals surface area contributed by atoms with Gasteiger partial charge >= 0.3 is 12.4 Å². The van der Waals surface area contributed by atoms with Crippen molar-refractivity contribution in [2.24, 2.45) is 5.92 Å². The number of nitrogens with one attached hydrogen (secondary N) is 1. The molecule has 4 aromatic rings. The van der Waals surface area contributed by atoms with Crippen LogP contribution in [0.4, 0.5) is 31.0 Å². The maximum absolute atomic E-state index is 12.8. The van der Waals surface area contributed by atoms with E-state index in [1.165, 1.54) is 37.1 Å². The van der Waals surface area contributed by atoms with Crippen LogP contribution in [0.1, 0.15) is 98.5 Å². The van der Waals surface area contributed by atoms with Gasteiger partial charge in [0.2, 0.25) is 0 Å². The number of halogens is 9. The number of ketones is 2. The van der Waals surface area contributed by atoms with Gasteiger partial charge in [-0.15, -0.1) is 0 Å². The van der Waals surface area contributed by atoms with Crippen LogP contribution in [0.25, 0.3) is 0 Å². The van der Waals surface area contributed by atoms with Crippen molar-refractivity contribution in [3.8, 4) is 11.5 Å². The molecule has 4 aromatic carbocycles. The lowest BCUT2D eigenvalue weighted by atomic mass is 9.94. The summed E-state index contributed by atoms with van der Waals surface area (Å²) in [4.78, 5) is 26.4. The first-order chi connectivity index (χ1) is 29.4. The molecule has 2 aliphatic rings. The molecule has 0 spiro atoms. The number of carbonyl (C=O) groups excluding carboxylic acids is 2. The SMILES string of the molecule is C=C(C)C(=O)c1ccc(Cl)cc1.CC(CN1CCCCC1CCOc1ccc(C(F)(F)F)cc1)C(=O)c1ccc(Cl)cc1.F.FC(F)(F)c1ccc(OCCC2CCCCN2)cc1.[3HH]. The minimum atomic E-state index is -4.35. The van der Waals surface area contributed by atoms with Crippen molar-refractivity contribution >= 4 is 34.8 Å². The third kappa shape index (κ3) is 18.3. The van der Waals surface area contributed by atoms with Crippen molar-refractivity contribution in [1.82, 2.24) is 10.2 Å². The second kappa shape index (κ2) is 25.8. The topological polar surface area (TPSA) is 67.9 Å². The third-order valence-electron chi connectivity index (χ3n) is 10.6. The van der Waals surface area contributed by atoms with Gasteiger partial charge in [-0.3, -0.25) is 19.2 Å². The lowest BCUT2D eigenvalue weighted by molar-refractivity contribution is -0.138. The van der Waals surface area contributed by atoms with Crippen LogP contribution in [0.3, 0.4) is 0 Å². The molecule has 15 heteroatoms. The van der Waals surface area contributed by atoms with Crippen LogP contribution in [-0.4, -0.2) is 61.4 Å². The van der Waals surface area contributed by atoms with E-state index in [9.17, 15) is 35.9 Å². The van der Waals surface area contributed by atoms with Gasteiger partial charge < -0.3 is 14.8 Å². The standard InChI is InChI=1S/C24H27ClF3NO2.C14H18F3NO.C10H9ClO.FH.H2/c1-17(23(30)18-5-9-20(25)10-6-18)16-29-14-3-2-4-21(29)13-15-31-22-11-7-19(8-12-22)24(26,27)28;15-14(16,17)11-4-6-13(7-5-11)19-10-8-12-3-1-2-9-18-12;1-7(2)10(12)8-3-5-9(11)6-4-8;;/h5-12,17,21H,2-4,13-16H2,1H3;4-7,12,18H,1-3,8-10H2;3-6H,1H2,2H3;2*1H/i;;;;1+2. The molecule has 0 bridgehead atoms. The van der Waals surface area contributed by atoms with Crippen LogP contribution in [-0.2, 0) is 12.4 Å². The number of alkyl halides is 6. The summed E-state index contributed by atoms with van der Waals surface area (Å²) in [6.45, 7) is 10.8. The number of piperidine rings is 2. The molecular formula is C48H57Cl2F7N2O4. The molecule has 6 nitrogen and oxygen atoms in total. The van der Waals surface area contributed by atoms with E-state index < -0.39 is 23.5 Å². The Morgan fingerprint density at radius 2 is 1.21 bits per heavy atom. The molecule has 2 saturated heterocycles. The quantitative estimate of drug-likeness (QED) is 0.0772. The molecule has 0 amide bonds. The van der Waals surface area contributed by atoms with Gasteiger partial charge in [0, 0.05) is 47.1 Å². The zero-order valence-corrected chi connectivity index (χ0v) is 36.9. The number of benzene rings is 4. The summed E-state index contributed by atoms with van der Waals surface area (Å²) < 4.78 is 86.3. The molecule has 3 atom stereocenters. The first-order valence-corrected chi connectivity index (χ1v) is 21.5. The van der Waals surface area contributed by atoms with E-state index in [1.54, 1.807) is 55.5 Å². The first kappa shape index (κ1) is 52.9. The van der Waals surface area contributed by atoms with E-state index in [4.69, 9.17) is 32.7 Å². The van der Waals surface area contributed by atoms with Gasteiger partial charge in [0.15, 0.2) is 11.6 Å². The molecule has 2 fully saturated rings. The average Bonchev–Trinajstić information content (AvgIpc) is 3.25. The fraction of sp³-hybridized carbons (Fsp3) is 0.417. The molecular weight excluding hydrogens is 872 g/mol. The van der Waals surface area contributed by atoms with Crippen molar-refractivity contribution in [2.45, 2.75) is 89.7 Å². The summed E-state index contributed by atoms with van der Waals surface area (Å²) in [5.41, 5.74) is 0.506. The highest BCUT2D eigenvalue weighted by Gasteiger charge is 2.31. The number of hydrogen-bond donors (Lipinski definition) is 1. The van der Waals surface area contributed by atoms with Gasteiger partial charge in [0.1, 0.15) is 11.5 Å². The molecule has 2 aliphatic heterocycles. The Labute approximate surface area is 376 Å². The van der Waals surface area contributed by atoms with Crippen molar-refractivity contribution in [2.75, 3.05) is 32.8 Å². The number of allylic oxidation sites excluding steroid dienone is 1. The third-order valence-corrected chi connectivity index (χ3v) is 11.1. The number of ether oxygens (including phenoxy) is 2. The van der Waals surface area contributed by atoms with Crippen LogP contribution in [0.15, 0.2) is 109 Å². The molecule has 6 rings (SSSR count). The second-order valence-corrected chi connectivity index (χ2v) is 16.4. The number of rotatable bonds is 14. The lowest BCUT2D eigenvalue weighted by Crippen LogP contribution is -2.43. The predicted molar refractivity (Wildman–Crippen MR) is 238 cm³/mol. The highest BCUT2D eigenvalue weighted by Crippen LogP contribution is 2.32. The maximum Gasteiger partial charge on any atom is 0.416 e. The largest absolute Gasteiger partial charge is 0.494 e. The summed E-state index contributed by atoms with van der Waals surface area (Å²) in [5.74, 6) is 0.844. The maximum atomic E-state index is 12.8. The van der Waals surface area contributed by atoms with E-state index in [-0.39, 0.29) is 23.6 Å². The average molecular weight is 932 g/mol. The number of hydrogen-bond acceptors (Lipinski definition) is 6. The highest BCUT2D eigenvalue weighted by atomic mass is 35.5. The van der Waals surface area contributed by atoms with Crippen LogP contribution in [0.2, 0.25) is 10.0 Å². The predicted octanol–water partition coefficient (Wildman–Crippen LogP) is 13.6. The number of Topliss-reactive ketones (excluding diaryl/α,β-unsaturated/α-hetero) is 2. The van der Waals surface area contributed by atoms with Gasteiger partial charge in [-0.05, 0) is 161 Å². The van der Waals surface area contributed by atoms with Crippen molar-refractivity contribution in [3.05, 3.63) is 142 Å². The Balaban J connectivity index is 0.000000363. The van der Waals surface area contributed by atoms with Crippen LogP contribution in [0, 0.1) is 5.92 Å². The second-order valence-electron chi connectivity index (χ2n) is 15.5. The number of likely N-dealkylation sites (tertiary alicyclic amines) is 1. The minimum Gasteiger partial charge on any atom is -0.494 e. The first-order valence-electron chi connectivity index (χ1n) is 20.7. The summed E-state index contributed by atoms with van der Waals surface area (Å²) in [5, 5.41) is 4.64. The summed E-state index contributed by atoms with van der Waals surface area (Å²) in [7, 11) is 0. The highest BCUT2D eigenvalue weighted by molar-refractivity contribution is 6.31. The van der Waals surface area contributed by atoms with E-state index >= 15 is 0 Å². The fourth-order valence-electron chi connectivity index (χ4n) is 7.09. The summed E-state index contributed by atoms with van der Waals surface area (Å²) in [6.07, 6.45) is -0.127. The number of nitrogens with zero attached hydrogens (tertiary/aromatic N) is 1. The zero-order chi connectivity index (χ0) is 45.3. The Kier molecular flexibility index (Phi) is 21.6. The molecule has 63 heavy (non-hydrogen) atoms. The molecule has 0 aromatic heterocycles. The Morgan fingerprint density at radius 3 is 1.67 bits per heavy atom. The smallest absolute Gasteiger partial charge is 0.416 e. The van der Waals surface area contributed by atoms with Gasteiger partial charge in [-0.25, -0.2) is 0 Å². The van der Waals surface area contributed by atoms with Crippen LogP contribution in [0.5, 0.6) is 11.5 Å². The fourth-order valence-corrected chi connectivity index (χ4v) is 7.34. The van der Waals surface area contributed by atoms with E-state index in [0.29, 0.717) is 70.1 Å². The number of carbonyl (C=O) groups is 2. The van der Waals surface area contributed by atoms with E-state index in [0.717, 1.165) is 75.9 Å². The minimum absolute atomic E-state index is 0. The van der Waals surface area contributed by atoms with Crippen LogP contribution >= 0.6 is 23.2 Å². The van der Waals surface area contributed by atoms with Crippen molar-refractivity contribution in [1.29, 1.82) is 0 Å². The van der Waals surface area contributed by atoms with Gasteiger partial charge in [0.25, 0.3) is 0 Å². The monoisotopic (exact) mass is 930 g/mol. The Morgan fingerprint density at radius 1 is 0.730 bits per heavy atom. The summed E-state index contributed by atoms with van der Waals surface area (Å²) in [6, 6.07) is 24.1. The van der Waals surface area contributed by atoms with Crippen molar-refractivity contribution in [3.63, 3.8) is 0 Å². The van der Waals surface area contributed by atoms with Gasteiger partial charge in [-0.1, -0.05) is 49.5 Å². The molecule has 346 valence electrons. The Hall–Kier alpha value is -4.43. The van der Waals surface area contributed by atoms with Crippen LogP contribution < -0.4 is 14.8 Å². The molecule has 0 radical (unpaired) electrons. The zero-order valence-electron chi connectivity index (χ0n) is 35.4. The molecule has 2 heterocycles. The van der Waals surface area contributed by atoms with E-state index in [2.05, 4.69) is 16.8 Å². The molecule has 0 aliphatic carbocycles. The molecule has 0 saturated carbocycles. The lowest BCUT2D eigenvalue weighted by Gasteiger charge is -2.37. The molecule has 3 unspecified atom stereocenters.